The van der Waals surface area contributed by atoms with Crippen molar-refractivity contribution < 1.29 is 19.1 Å². The molecule has 0 aliphatic heterocycles. The second-order valence-corrected chi connectivity index (χ2v) is 4.52. The Morgan fingerprint density at radius 1 is 1.40 bits per heavy atom. The quantitative estimate of drug-likeness (QED) is 0.857. The van der Waals surface area contributed by atoms with Crippen LogP contribution in [0.5, 0.6) is 5.75 Å². The first-order chi connectivity index (χ1) is 9.60. The van der Waals surface area contributed by atoms with Gasteiger partial charge in [-0.15, -0.1) is 0 Å². The van der Waals surface area contributed by atoms with Gasteiger partial charge in [0.15, 0.2) is 0 Å². The van der Waals surface area contributed by atoms with Crippen LogP contribution >= 0.6 is 11.6 Å². The Morgan fingerprint density at radius 2 is 2.20 bits per heavy atom. The molecular formula is C14H14ClNO4. The highest BCUT2D eigenvalue weighted by Crippen LogP contribution is 2.30. The average molecular weight is 296 g/mol. The number of hydrogen-bond donors (Lipinski definition) is 2. The van der Waals surface area contributed by atoms with Gasteiger partial charge in [0.25, 0.3) is 0 Å². The van der Waals surface area contributed by atoms with Crippen molar-refractivity contribution in [3.05, 3.63) is 41.1 Å². The summed E-state index contributed by atoms with van der Waals surface area (Å²) in [7, 11) is 1.56. The summed E-state index contributed by atoms with van der Waals surface area (Å²) in [6.45, 7) is 0.251. The first-order valence-corrected chi connectivity index (χ1v) is 6.33. The Hall–Kier alpha value is -1.98. The minimum Gasteiger partial charge on any atom is -0.495 e. The van der Waals surface area contributed by atoms with Gasteiger partial charge in [-0.25, -0.2) is 0 Å². The SMILES string of the molecule is COc1ccc(-c2ccc(CNCC(=O)O)o2)cc1Cl. The number of carboxylic acids is 1. The van der Waals surface area contributed by atoms with Crippen molar-refractivity contribution in [1.82, 2.24) is 5.32 Å². The van der Waals surface area contributed by atoms with Crippen LogP contribution in [0.15, 0.2) is 34.7 Å². The Kier molecular flexibility index (Phi) is 4.65. The van der Waals surface area contributed by atoms with Crippen molar-refractivity contribution in [1.29, 1.82) is 0 Å². The minimum absolute atomic E-state index is 0.107. The highest BCUT2D eigenvalue weighted by molar-refractivity contribution is 6.32. The number of ether oxygens (including phenoxy) is 1. The van der Waals surface area contributed by atoms with E-state index in [0.717, 1.165) is 5.56 Å². The van der Waals surface area contributed by atoms with Gasteiger partial charge >= 0.3 is 5.97 Å². The van der Waals surface area contributed by atoms with Crippen LogP contribution in [0.2, 0.25) is 5.02 Å². The molecule has 0 amide bonds. The summed E-state index contributed by atoms with van der Waals surface area (Å²) in [4.78, 5) is 10.4. The van der Waals surface area contributed by atoms with Gasteiger partial charge in [-0.2, -0.15) is 0 Å². The molecule has 1 aromatic carbocycles. The van der Waals surface area contributed by atoms with E-state index in [9.17, 15) is 4.79 Å². The molecule has 0 aliphatic rings. The van der Waals surface area contributed by atoms with E-state index in [2.05, 4.69) is 5.32 Å². The predicted octanol–water partition coefficient (Wildman–Crippen LogP) is 2.78. The maximum Gasteiger partial charge on any atom is 0.317 e. The number of rotatable bonds is 6. The fraction of sp³-hybridized carbons (Fsp3) is 0.214. The van der Waals surface area contributed by atoms with Crippen LogP contribution < -0.4 is 10.1 Å². The van der Waals surface area contributed by atoms with Gasteiger partial charge < -0.3 is 14.3 Å². The number of methoxy groups -OCH3 is 1. The van der Waals surface area contributed by atoms with Crippen molar-refractivity contribution in [2.45, 2.75) is 6.54 Å². The maximum absolute atomic E-state index is 10.4. The lowest BCUT2D eigenvalue weighted by molar-refractivity contribution is -0.136. The van der Waals surface area contributed by atoms with Crippen molar-refractivity contribution in [3.63, 3.8) is 0 Å². The van der Waals surface area contributed by atoms with E-state index in [1.807, 2.05) is 12.1 Å². The number of aliphatic carboxylic acids is 1. The van der Waals surface area contributed by atoms with E-state index in [1.165, 1.54) is 0 Å². The number of nitrogens with one attached hydrogen (secondary N) is 1. The minimum atomic E-state index is -0.904. The van der Waals surface area contributed by atoms with Crippen molar-refractivity contribution >= 4 is 17.6 Å². The third-order valence-corrected chi connectivity index (χ3v) is 2.97. The fourth-order valence-electron chi connectivity index (χ4n) is 1.74. The lowest BCUT2D eigenvalue weighted by Gasteiger charge is -2.04. The molecule has 0 aliphatic carbocycles. The number of furan rings is 1. The fourth-order valence-corrected chi connectivity index (χ4v) is 2.00. The monoisotopic (exact) mass is 295 g/mol. The molecule has 6 heteroatoms. The summed E-state index contributed by atoms with van der Waals surface area (Å²) >= 11 is 6.06. The zero-order chi connectivity index (χ0) is 14.5. The zero-order valence-electron chi connectivity index (χ0n) is 10.9. The Labute approximate surface area is 121 Å². The molecule has 106 valence electrons. The highest BCUT2D eigenvalue weighted by atomic mass is 35.5. The molecular weight excluding hydrogens is 282 g/mol. The molecule has 1 aromatic heterocycles. The third-order valence-electron chi connectivity index (χ3n) is 2.67. The Bertz CT molecular complexity index is 609. The van der Waals surface area contributed by atoms with Crippen LogP contribution in [-0.4, -0.2) is 24.7 Å². The van der Waals surface area contributed by atoms with E-state index in [4.69, 9.17) is 25.9 Å². The second kappa shape index (κ2) is 6.45. The number of halogens is 1. The topological polar surface area (TPSA) is 71.7 Å². The van der Waals surface area contributed by atoms with Gasteiger partial charge in [0.05, 0.1) is 25.2 Å². The lowest BCUT2D eigenvalue weighted by atomic mass is 10.2. The standard InChI is InChI=1S/C14H14ClNO4/c1-19-13-4-2-9(6-11(13)15)12-5-3-10(20-12)7-16-8-14(17)18/h2-6,16H,7-8H2,1H3,(H,17,18). The molecule has 0 radical (unpaired) electrons. The Balaban J connectivity index is 2.08. The van der Waals surface area contributed by atoms with Gasteiger partial charge in [0.2, 0.25) is 0 Å². The molecule has 0 fully saturated rings. The zero-order valence-corrected chi connectivity index (χ0v) is 11.6. The molecule has 0 bridgehead atoms. The van der Waals surface area contributed by atoms with E-state index < -0.39 is 5.97 Å². The van der Waals surface area contributed by atoms with Gasteiger partial charge in [0.1, 0.15) is 17.3 Å². The molecule has 2 rings (SSSR count). The molecule has 0 saturated heterocycles. The molecule has 2 aromatic rings. The highest BCUT2D eigenvalue weighted by Gasteiger charge is 2.08. The van der Waals surface area contributed by atoms with Crippen LogP contribution in [-0.2, 0) is 11.3 Å². The average Bonchev–Trinajstić information content (AvgIpc) is 2.87. The third kappa shape index (κ3) is 3.53. The van der Waals surface area contributed by atoms with Crippen LogP contribution in [0.3, 0.4) is 0 Å². The van der Waals surface area contributed by atoms with Crippen molar-refractivity contribution in [3.8, 4) is 17.1 Å². The summed E-state index contributed by atoms with van der Waals surface area (Å²) in [5.41, 5.74) is 0.834. The Morgan fingerprint density at radius 3 is 2.85 bits per heavy atom. The second-order valence-electron chi connectivity index (χ2n) is 4.11. The van der Waals surface area contributed by atoms with E-state index in [0.29, 0.717) is 28.8 Å². The van der Waals surface area contributed by atoms with E-state index in [1.54, 1.807) is 25.3 Å². The summed E-state index contributed by atoms with van der Waals surface area (Å²) < 4.78 is 10.7. The van der Waals surface area contributed by atoms with E-state index in [-0.39, 0.29) is 6.54 Å². The first kappa shape index (κ1) is 14.4. The van der Waals surface area contributed by atoms with Crippen LogP contribution in [0.4, 0.5) is 0 Å². The van der Waals surface area contributed by atoms with Crippen molar-refractivity contribution in [2.75, 3.05) is 13.7 Å². The summed E-state index contributed by atoms with van der Waals surface area (Å²) in [6.07, 6.45) is 0. The van der Waals surface area contributed by atoms with Crippen LogP contribution in [0.1, 0.15) is 5.76 Å². The predicted molar refractivity (Wildman–Crippen MR) is 75.0 cm³/mol. The summed E-state index contributed by atoms with van der Waals surface area (Å²) in [5.74, 6) is 1.03. The molecule has 20 heavy (non-hydrogen) atoms. The van der Waals surface area contributed by atoms with E-state index >= 15 is 0 Å². The molecule has 0 saturated carbocycles. The molecule has 2 N–H and O–H groups in total. The number of benzene rings is 1. The summed E-state index contributed by atoms with van der Waals surface area (Å²) in [6, 6.07) is 8.98. The maximum atomic E-state index is 10.4. The number of carboxylic acid groups (broad SMARTS) is 1. The molecule has 0 atom stereocenters. The molecule has 0 spiro atoms. The summed E-state index contributed by atoms with van der Waals surface area (Å²) in [5, 5.41) is 11.8. The normalized spacial score (nSPS) is 10.5. The molecule has 0 unspecified atom stereocenters. The number of carbonyl (C=O) groups is 1. The van der Waals surface area contributed by atoms with Gasteiger partial charge in [0, 0.05) is 5.56 Å². The van der Waals surface area contributed by atoms with Crippen molar-refractivity contribution in [2.24, 2.45) is 0 Å². The lowest BCUT2D eigenvalue weighted by Crippen LogP contribution is -2.21. The smallest absolute Gasteiger partial charge is 0.317 e. The molecule has 5 nitrogen and oxygen atoms in total. The van der Waals surface area contributed by atoms with Gasteiger partial charge in [-0.1, -0.05) is 11.6 Å². The molecule has 1 heterocycles. The van der Waals surface area contributed by atoms with Gasteiger partial charge in [-0.05, 0) is 30.3 Å². The van der Waals surface area contributed by atoms with Gasteiger partial charge in [-0.3, -0.25) is 10.1 Å². The number of hydrogen-bond acceptors (Lipinski definition) is 4. The first-order valence-electron chi connectivity index (χ1n) is 5.95. The van der Waals surface area contributed by atoms with Crippen LogP contribution in [0, 0.1) is 0 Å². The largest absolute Gasteiger partial charge is 0.495 e. The van der Waals surface area contributed by atoms with Crippen LogP contribution in [0.25, 0.3) is 11.3 Å².